The molecule has 130 valence electrons. The van der Waals surface area contributed by atoms with E-state index in [9.17, 15) is 9.59 Å². The van der Waals surface area contributed by atoms with Crippen LogP contribution in [0.2, 0.25) is 0 Å². The molecule has 3 rings (SSSR count). The SMILES string of the molecule is CCOC(=O)Cc1nn(Cc2cccc(C#N)c2)c(=O)c2ccccc12. The molecule has 0 atom stereocenters. The van der Waals surface area contributed by atoms with Crippen molar-refractivity contribution in [3.05, 3.63) is 75.7 Å². The fourth-order valence-electron chi connectivity index (χ4n) is 2.80. The predicted molar refractivity (Wildman–Crippen MR) is 96.6 cm³/mol. The molecule has 0 N–H and O–H groups in total. The lowest BCUT2D eigenvalue weighted by Crippen LogP contribution is -2.26. The Morgan fingerprint density at radius 1 is 1.19 bits per heavy atom. The number of ether oxygens (including phenoxy) is 1. The molecule has 26 heavy (non-hydrogen) atoms. The number of fused-ring (bicyclic) bond motifs is 1. The average Bonchev–Trinajstić information content (AvgIpc) is 2.66. The molecular formula is C20H17N3O3. The van der Waals surface area contributed by atoms with Gasteiger partial charge < -0.3 is 4.74 Å². The van der Waals surface area contributed by atoms with Gasteiger partial charge in [-0.2, -0.15) is 10.4 Å². The summed E-state index contributed by atoms with van der Waals surface area (Å²) in [4.78, 5) is 24.7. The Balaban J connectivity index is 2.07. The van der Waals surface area contributed by atoms with Crippen molar-refractivity contribution in [2.75, 3.05) is 6.61 Å². The third-order valence-electron chi connectivity index (χ3n) is 3.95. The minimum atomic E-state index is -0.387. The molecule has 0 bridgehead atoms. The first-order chi connectivity index (χ1) is 12.6. The molecule has 0 radical (unpaired) electrons. The lowest BCUT2D eigenvalue weighted by Gasteiger charge is -2.11. The van der Waals surface area contributed by atoms with Crippen LogP contribution in [0.25, 0.3) is 10.8 Å². The lowest BCUT2D eigenvalue weighted by atomic mass is 10.1. The first-order valence-corrected chi connectivity index (χ1v) is 8.25. The first-order valence-electron chi connectivity index (χ1n) is 8.25. The van der Waals surface area contributed by atoms with Crippen LogP contribution in [0.3, 0.4) is 0 Å². The lowest BCUT2D eigenvalue weighted by molar-refractivity contribution is -0.142. The minimum absolute atomic E-state index is 0.00707. The van der Waals surface area contributed by atoms with Crippen molar-refractivity contribution in [1.29, 1.82) is 5.26 Å². The van der Waals surface area contributed by atoms with E-state index in [1.54, 1.807) is 49.4 Å². The third kappa shape index (κ3) is 3.62. The van der Waals surface area contributed by atoms with Crippen LogP contribution in [0.1, 0.15) is 23.7 Å². The molecule has 0 unspecified atom stereocenters. The number of rotatable bonds is 5. The molecule has 0 fully saturated rings. The molecule has 0 aliphatic carbocycles. The summed E-state index contributed by atoms with van der Waals surface area (Å²) < 4.78 is 6.34. The van der Waals surface area contributed by atoms with E-state index in [0.29, 0.717) is 22.0 Å². The highest BCUT2D eigenvalue weighted by Gasteiger charge is 2.14. The van der Waals surface area contributed by atoms with Gasteiger partial charge in [0.1, 0.15) is 0 Å². The Morgan fingerprint density at radius 2 is 1.96 bits per heavy atom. The van der Waals surface area contributed by atoms with Crippen LogP contribution in [-0.2, 0) is 22.5 Å². The summed E-state index contributed by atoms with van der Waals surface area (Å²) in [6, 6.07) is 16.2. The fourth-order valence-corrected chi connectivity index (χ4v) is 2.80. The van der Waals surface area contributed by atoms with Gasteiger partial charge in [-0.1, -0.05) is 30.3 Å². The first kappa shape index (κ1) is 17.4. The summed E-state index contributed by atoms with van der Waals surface area (Å²) in [5, 5.41) is 14.6. The molecule has 1 heterocycles. The smallest absolute Gasteiger partial charge is 0.311 e. The number of aromatic nitrogens is 2. The van der Waals surface area contributed by atoms with Gasteiger partial charge in [-0.3, -0.25) is 9.59 Å². The largest absolute Gasteiger partial charge is 0.466 e. The van der Waals surface area contributed by atoms with E-state index in [1.165, 1.54) is 4.68 Å². The summed E-state index contributed by atoms with van der Waals surface area (Å²) in [7, 11) is 0. The zero-order chi connectivity index (χ0) is 18.5. The molecule has 1 aromatic heterocycles. The van der Waals surface area contributed by atoms with E-state index in [4.69, 9.17) is 10.00 Å². The summed E-state index contributed by atoms with van der Waals surface area (Å²) in [6.07, 6.45) is -0.00707. The normalized spacial score (nSPS) is 10.5. The average molecular weight is 347 g/mol. The van der Waals surface area contributed by atoms with E-state index in [2.05, 4.69) is 11.2 Å². The van der Waals surface area contributed by atoms with E-state index in [1.807, 2.05) is 6.07 Å². The number of hydrogen-bond donors (Lipinski definition) is 0. The Morgan fingerprint density at radius 3 is 2.69 bits per heavy atom. The molecule has 0 aliphatic rings. The number of nitrogens with zero attached hydrogens (tertiary/aromatic N) is 3. The highest BCUT2D eigenvalue weighted by atomic mass is 16.5. The van der Waals surface area contributed by atoms with Crippen LogP contribution in [0.5, 0.6) is 0 Å². The van der Waals surface area contributed by atoms with Crippen LogP contribution in [0.15, 0.2) is 53.3 Å². The number of nitriles is 1. The monoisotopic (exact) mass is 347 g/mol. The predicted octanol–water partition coefficient (Wildman–Crippen LogP) is 2.42. The van der Waals surface area contributed by atoms with Gasteiger partial charge in [0, 0.05) is 5.39 Å². The van der Waals surface area contributed by atoms with Crippen LogP contribution in [-0.4, -0.2) is 22.4 Å². The van der Waals surface area contributed by atoms with Crippen LogP contribution in [0, 0.1) is 11.3 Å². The van der Waals surface area contributed by atoms with Crippen molar-refractivity contribution in [2.45, 2.75) is 19.9 Å². The van der Waals surface area contributed by atoms with Crippen molar-refractivity contribution in [3.8, 4) is 6.07 Å². The zero-order valence-electron chi connectivity index (χ0n) is 14.3. The van der Waals surface area contributed by atoms with Crippen molar-refractivity contribution in [3.63, 3.8) is 0 Å². The molecule has 0 spiro atoms. The van der Waals surface area contributed by atoms with E-state index in [-0.39, 0.29) is 31.1 Å². The second kappa shape index (κ2) is 7.62. The van der Waals surface area contributed by atoms with Crippen molar-refractivity contribution >= 4 is 16.7 Å². The number of carbonyl (C=O) groups is 1. The van der Waals surface area contributed by atoms with Crippen LogP contribution < -0.4 is 5.56 Å². The Kier molecular flexibility index (Phi) is 5.09. The molecule has 3 aromatic rings. The van der Waals surface area contributed by atoms with Gasteiger partial charge >= 0.3 is 5.97 Å². The Labute approximate surface area is 150 Å². The molecule has 0 saturated carbocycles. The van der Waals surface area contributed by atoms with E-state index >= 15 is 0 Å². The zero-order valence-corrected chi connectivity index (χ0v) is 14.3. The molecule has 0 amide bonds. The maximum absolute atomic E-state index is 12.8. The van der Waals surface area contributed by atoms with Gasteiger partial charge in [0.25, 0.3) is 5.56 Å². The number of hydrogen-bond acceptors (Lipinski definition) is 5. The fraction of sp³-hybridized carbons (Fsp3) is 0.200. The summed E-state index contributed by atoms with van der Waals surface area (Å²) in [6.45, 7) is 2.25. The van der Waals surface area contributed by atoms with E-state index < -0.39 is 0 Å². The molecule has 6 heteroatoms. The summed E-state index contributed by atoms with van der Waals surface area (Å²) >= 11 is 0. The number of esters is 1. The van der Waals surface area contributed by atoms with Gasteiger partial charge in [0.05, 0.1) is 42.3 Å². The van der Waals surface area contributed by atoms with Crippen molar-refractivity contribution < 1.29 is 9.53 Å². The van der Waals surface area contributed by atoms with Crippen molar-refractivity contribution in [1.82, 2.24) is 9.78 Å². The van der Waals surface area contributed by atoms with Crippen LogP contribution in [0.4, 0.5) is 0 Å². The second-order valence-electron chi connectivity index (χ2n) is 5.75. The standard InChI is InChI=1S/C20H17N3O3/c1-2-26-19(24)11-18-16-8-3-4-9-17(16)20(25)23(22-18)13-15-7-5-6-14(10-15)12-21/h3-10H,2,11,13H2,1H3. The second-order valence-corrected chi connectivity index (χ2v) is 5.75. The molecule has 6 nitrogen and oxygen atoms in total. The van der Waals surface area contributed by atoms with Gasteiger partial charge in [0.15, 0.2) is 0 Å². The quantitative estimate of drug-likeness (QED) is 0.662. The Bertz CT molecular complexity index is 1060. The van der Waals surface area contributed by atoms with Gasteiger partial charge in [-0.15, -0.1) is 0 Å². The molecule has 2 aromatic carbocycles. The molecular weight excluding hydrogens is 330 g/mol. The summed E-state index contributed by atoms with van der Waals surface area (Å²) in [5.74, 6) is -0.387. The molecule has 0 saturated heterocycles. The number of benzene rings is 2. The van der Waals surface area contributed by atoms with Gasteiger partial charge in [-0.05, 0) is 30.7 Å². The van der Waals surface area contributed by atoms with Crippen LogP contribution >= 0.6 is 0 Å². The van der Waals surface area contributed by atoms with E-state index in [0.717, 1.165) is 5.56 Å². The Hall–Kier alpha value is -3.46. The highest BCUT2D eigenvalue weighted by Crippen LogP contribution is 2.15. The summed E-state index contributed by atoms with van der Waals surface area (Å²) in [5.41, 5.74) is 1.56. The number of carbonyl (C=O) groups excluding carboxylic acids is 1. The maximum Gasteiger partial charge on any atom is 0.311 e. The third-order valence-corrected chi connectivity index (χ3v) is 3.95. The van der Waals surface area contributed by atoms with Crippen molar-refractivity contribution in [2.24, 2.45) is 0 Å². The topological polar surface area (TPSA) is 85.0 Å². The highest BCUT2D eigenvalue weighted by molar-refractivity contribution is 5.86. The maximum atomic E-state index is 12.8. The molecule has 0 aliphatic heterocycles. The minimum Gasteiger partial charge on any atom is -0.466 e. The van der Waals surface area contributed by atoms with Gasteiger partial charge in [0.2, 0.25) is 0 Å². The van der Waals surface area contributed by atoms with Gasteiger partial charge in [-0.25, -0.2) is 4.68 Å².